The third-order valence-electron chi connectivity index (χ3n) is 2.27. The van der Waals surface area contributed by atoms with Crippen molar-refractivity contribution >= 4 is 50.5 Å². The summed E-state index contributed by atoms with van der Waals surface area (Å²) in [6.07, 6.45) is 1.84. The molecule has 0 amide bonds. The molecule has 108 valence electrons. The number of rotatable bonds is 8. The summed E-state index contributed by atoms with van der Waals surface area (Å²) in [6.45, 7) is 0.242. The first kappa shape index (κ1) is 16.7. The van der Waals surface area contributed by atoms with E-state index in [9.17, 15) is 13.2 Å². The van der Waals surface area contributed by atoms with E-state index in [4.69, 9.17) is 28.3 Å². The Morgan fingerprint density at radius 1 is 1.32 bits per heavy atom. The van der Waals surface area contributed by atoms with Crippen LogP contribution in [0.3, 0.4) is 0 Å². The summed E-state index contributed by atoms with van der Waals surface area (Å²) in [5, 5.41) is 8.44. The van der Waals surface area contributed by atoms with Gasteiger partial charge in [0.1, 0.15) is 9.23 Å². The Bertz CT molecular complexity index is 542. The first-order valence-electron chi connectivity index (χ1n) is 5.49. The van der Waals surface area contributed by atoms with Crippen LogP contribution in [0.15, 0.2) is 11.0 Å². The number of sulfonamides is 1. The molecular weight excluding hydrogens is 333 g/mol. The number of hydrogen-bond donors (Lipinski definition) is 2. The van der Waals surface area contributed by atoms with Crippen molar-refractivity contribution in [3.8, 4) is 0 Å². The Kier molecular flexibility index (Phi) is 6.55. The van der Waals surface area contributed by atoms with Gasteiger partial charge < -0.3 is 5.11 Å². The zero-order chi connectivity index (χ0) is 14.5. The molecule has 1 aromatic rings. The fourth-order valence-corrected chi connectivity index (χ4v) is 4.59. The van der Waals surface area contributed by atoms with Crippen LogP contribution in [0.4, 0.5) is 0 Å². The summed E-state index contributed by atoms with van der Waals surface area (Å²) in [4.78, 5) is 10.3. The van der Waals surface area contributed by atoms with Crippen LogP contribution in [0, 0.1) is 0 Å². The monoisotopic (exact) mass is 345 g/mol. The van der Waals surface area contributed by atoms with E-state index in [-0.39, 0.29) is 22.2 Å². The van der Waals surface area contributed by atoms with Crippen LogP contribution in [0.1, 0.15) is 25.7 Å². The molecule has 0 radical (unpaired) electrons. The zero-order valence-corrected chi connectivity index (χ0v) is 13.0. The first-order valence-corrected chi connectivity index (χ1v) is 8.55. The van der Waals surface area contributed by atoms with Crippen LogP contribution in [0.5, 0.6) is 0 Å². The number of unbranched alkanes of at least 4 members (excludes halogenated alkanes) is 2. The van der Waals surface area contributed by atoms with Gasteiger partial charge in [-0.25, -0.2) is 13.1 Å². The molecule has 19 heavy (non-hydrogen) atoms. The van der Waals surface area contributed by atoms with E-state index in [1.54, 1.807) is 0 Å². The summed E-state index contributed by atoms with van der Waals surface area (Å²) in [5.41, 5.74) is 0. The standard InChI is InChI=1S/C10H13Cl2NO4S2/c11-8-6-7(10(12)18-8)19(16,17)13-5-3-1-2-4-9(14)15/h6,13H,1-5H2,(H,14,15). The predicted octanol–water partition coefficient (Wildman–Crippen LogP) is 2.98. The Labute approximate surface area is 125 Å². The second-order valence-electron chi connectivity index (χ2n) is 3.79. The average molecular weight is 346 g/mol. The largest absolute Gasteiger partial charge is 0.481 e. The highest BCUT2D eigenvalue weighted by Gasteiger charge is 2.20. The maximum absolute atomic E-state index is 11.9. The van der Waals surface area contributed by atoms with E-state index in [1.807, 2.05) is 0 Å². The lowest BCUT2D eigenvalue weighted by atomic mass is 10.2. The molecule has 5 nitrogen and oxygen atoms in total. The molecule has 0 saturated carbocycles. The minimum atomic E-state index is -3.65. The average Bonchev–Trinajstić information content (AvgIpc) is 2.63. The van der Waals surface area contributed by atoms with E-state index >= 15 is 0 Å². The molecular formula is C10H13Cl2NO4S2. The van der Waals surface area contributed by atoms with Crippen molar-refractivity contribution < 1.29 is 18.3 Å². The molecule has 9 heteroatoms. The number of hydrogen-bond acceptors (Lipinski definition) is 4. The minimum absolute atomic E-state index is 0.0188. The Balaban J connectivity index is 2.40. The summed E-state index contributed by atoms with van der Waals surface area (Å²) in [7, 11) is -3.65. The smallest absolute Gasteiger partial charge is 0.303 e. The number of carboxylic acids is 1. The van der Waals surface area contributed by atoms with Crippen molar-refractivity contribution in [2.45, 2.75) is 30.6 Å². The van der Waals surface area contributed by atoms with E-state index in [2.05, 4.69) is 4.72 Å². The maximum Gasteiger partial charge on any atom is 0.303 e. The number of thiophene rings is 1. The predicted molar refractivity (Wildman–Crippen MR) is 75.6 cm³/mol. The van der Waals surface area contributed by atoms with Crippen molar-refractivity contribution in [2.75, 3.05) is 6.54 Å². The Morgan fingerprint density at radius 2 is 2.00 bits per heavy atom. The second kappa shape index (κ2) is 7.44. The summed E-state index contributed by atoms with van der Waals surface area (Å²) < 4.78 is 26.6. The molecule has 2 N–H and O–H groups in total. The van der Waals surface area contributed by atoms with Gasteiger partial charge in [0.05, 0.1) is 4.34 Å². The van der Waals surface area contributed by atoms with Gasteiger partial charge in [0, 0.05) is 13.0 Å². The van der Waals surface area contributed by atoms with Gasteiger partial charge in [-0.15, -0.1) is 11.3 Å². The summed E-state index contributed by atoms with van der Waals surface area (Å²) in [5.74, 6) is -0.847. The minimum Gasteiger partial charge on any atom is -0.481 e. The second-order valence-corrected chi connectivity index (χ2v) is 7.81. The van der Waals surface area contributed by atoms with Crippen molar-refractivity contribution in [1.29, 1.82) is 0 Å². The molecule has 1 aromatic heterocycles. The van der Waals surface area contributed by atoms with Gasteiger partial charge >= 0.3 is 5.97 Å². The molecule has 0 saturated heterocycles. The third kappa shape index (κ3) is 5.66. The molecule has 0 aliphatic rings. The molecule has 0 aliphatic carbocycles. The zero-order valence-electron chi connectivity index (χ0n) is 9.86. The van der Waals surface area contributed by atoms with Gasteiger partial charge in [-0.1, -0.05) is 29.6 Å². The highest BCUT2D eigenvalue weighted by Crippen LogP contribution is 2.33. The van der Waals surface area contributed by atoms with Crippen LogP contribution >= 0.6 is 34.5 Å². The quantitative estimate of drug-likeness (QED) is 0.709. The van der Waals surface area contributed by atoms with Crippen LogP contribution in [-0.2, 0) is 14.8 Å². The van der Waals surface area contributed by atoms with E-state index in [1.165, 1.54) is 6.07 Å². The van der Waals surface area contributed by atoms with Gasteiger partial charge in [0.15, 0.2) is 0 Å². The summed E-state index contributed by atoms with van der Waals surface area (Å²) >= 11 is 12.5. The fourth-order valence-electron chi connectivity index (χ4n) is 1.37. The molecule has 0 spiro atoms. The van der Waals surface area contributed by atoms with Crippen LogP contribution in [0.25, 0.3) is 0 Å². The Hall–Kier alpha value is -0.340. The normalized spacial score (nSPS) is 11.7. The van der Waals surface area contributed by atoms with E-state index < -0.39 is 16.0 Å². The van der Waals surface area contributed by atoms with E-state index in [0.29, 0.717) is 23.6 Å². The first-order chi connectivity index (χ1) is 8.83. The third-order valence-corrected chi connectivity index (χ3v) is 5.49. The van der Waals surface area contributed by atoms with Crippen molar-refractivity contribution in [2.24, 2.45) is 0 Å². The molecule has 1 rings (SSSR count). The molecule has 0 aliphatic heterocycles. The van der Waals surface area contributed by atoms with Crippen LogP contribution in [0.2, 0.25) is 8.67 Å². The topological polar surface area (TPSA) is 83.5 Å². The van der Waals surface area contributed by atoms with Gasteiger partial charge in [0.2, 0.25) is 10.0 Å². The van der Waals surface area contributed by atoms with Gasteiger partial charge in [-0.05, 0) is 18.9 Å². The highest BCUT2D eigenvalue weighted by molar-refractivity contribution is 7.89. The molecule has 1 heterocycles. The maximum atomic E-state index is 11.9. The van der Waals surface area contributed by atoms with Crippen molar-refractivity contribution in [3.05, 3.63) is 14.7 Å². The number of carbonyl (C=O) groups is 1. The number of aliphatic carboxylic acids is 1. The van der Waals surface area contributed by atoms with Crippen LogP contribution in [-0.4, -0.2) is 26.0 Å². The molecule has 0 bridgehead atoms. The number of carboxylic acid groups (broad SMARTS) is 1. The highest BCUT2D eigenvalue weighted by atomic mass is 35.5. The van der Waals surface area contributed by atoms with Crippen molar-refractivity contribution in [3.63, 3.8) is 0 Å². The fraction of sp³-hybridized carbons (Fsp3) is 0.500. The summed E-state index contributed by atoms with van der Waals surface area (Å²) in [6, 6.07) is 1.31. The Morgan fingerprint density at radius 3 is 2.53 bits per heavy atom. The van der Waals surface area contributed by atoms with E-state index in [0.717, 1.165) is 11.3 Å². The van der Waals surface area contributed by atoms with Crippen LogP contribution < -0.4 is 4.72 Å². The lowest BCUT2D eigenvalue weighted by Crippen LogP contribution is -2.24. The molecule has 0 fully saturated rings. The van der Waals surface area contributed by atoms with Gasteiger partial charge in [-0.2, -0.15) is 0 Å². The molecule has 0 atom stereocenters. The number of nitrogens with one attached hydrogen (secondary N) is 1. The SMILES string of the molecule is O=C(O)CCCCCNS(=O)(=O)c1cc(Cl)sc1Cl. The number of halogens is 2. The lowest BCUT2D eigenvalue weighted by Gasteiger charge is -2.05. The van der Waals surface area contributed by atoms with Gasteiger partial charge in [-0.3, -0.25) is 4.79 Å². The lowest BCUT2D eigenvalue weighted by molar-refractivity contribution is -0.137. The van der Waals surface area contributed by atoms with Gasteiger partial charge in [0.25, 0.3) is 0 Å². The molecule has 0 aromatic carbocycles. The van der Waals surface area contributed by atoms with Crippen molar-refractivity contribution in [1.82, 2.24) is 4.72 Å². The molecule has 0 unspecified atom stereocenters.